The van der Waals surface area contributed by atoms with E-state index in [0.29, 0.717) is 36.2 Å². The highest BCUT2D eigenvalue weighted by Gasteiger charge is 2.30. The van der Waals surface area contributed by atoms with Gasteiger partial charge in [-0.05, 0) is 42.9 Å². The lowest BCUT2D eigenvalue weighted by molar-refractivity contribution is 0.168. The van der Waals surface area contributed by atoms with Gasteiger partial charge in [0.25, 0.3) is 5.56 Å². The van der Waals surface area contributed by atoms with Crippen molar-refractivity contribution in [3.05, 3.63) is 81.9 Å². The highest BCUT2D eigenvalue weighted by molar-refractivity contribution is 6.30. The number of rotatable bonds is 6. The van der Waals surface area contributed by atoms with E-state index >= 15 is 0 Å². The third-order valence-electron chi connectivity index (χ3n) is 5.20. The molecule has 1 aromatic carbocycles. The van der Waals surface area contributed by atoms with Crippen molar-refractivity contribution in [3.63, 3.8) is 0 Å². The minimum atomic E-state index is -0.431. The zero-order valence-corrected chi connectivity index (χ0v) is 17.3. The third kappa shape index (κ3) is 4.48. The number of aliphatic hydroxyl groups excluding tert-OH is 1. The number of hydrogen-bond donors (Lipinski definition) is 2. The molecule has 4 rings (SSSR count). The number of benzene rings is 1. The van der Waals surface area contributed by atoms with Crippen LogP contribution in [0.5, 0.6) is 5.75 Å². The third-order valence-corrected chi connectivity index (χ3v) is 5.46. The molecule has 1 fully saturated rings. The summed E-state index contributed by atoms with van der Waals surface area (Å²) in [6, 6.07) is 14.3. The van der Waals surface area contributed by atoms with Gasteiger partial charge in [-0.1, -0.05) is 23.7 Å². The second kappa shape index (κ2) is 8.87. The molecule has 0 radical (unpaired) electrons. The molecule has 0 bridgehead atoms. The van der Waals surface area contributed by atoms with Crippen molar-refractivity contribution in [1.82, 2.24) is 14.9 Å². The second-order valence-electron chi connectivity index (χ2n) is 7.23. The molecule has 156 valence electrons. The average molecular weight is 427 g/mol. The standard InChI is InChI=1S/C22H23ClN4O3/c1-24-19-12-26(13-20(19)28)21-7-6-17(11-25-21)27-9-8-18(10-22(27)29)30-14-15-2-4-16(23)5-3-15/h2-11,19-20,24,28H,12-14H2,1H3/t19-,20-/m1/s1. The lowest BCUT2D eigenvalue weighted by Gasteiger charge is -2.17. The number of aromatic nitrogens is 2. The average Bonchev–Trinajstić information content (AvgIpc) is 3.14. The maximum absolute atomic E-state index is 12.5. The minimum absolute atomic E-state index is 0.0227. The Kier molecular flexibility index (Phi) is 6.03. The Morgan fingerprint density at radius 2 is 2.00 bits per heavy atom. The maximum atomic E-state index is 12.5. The monoisotopic (exact) mass is 426 g/mol. The molecule has 1 aliphatic rings. The normalized spacial score (nSPS) is 18.6. The Labute approximate surface area is 179 Å². The van der Waals surface area contributed by atoms with E-state index in [1.165, 1.54) is 10.6 Å². The van der Waals surface area contributed by atoms with Crippen LogP contribution < -0.4 is 20.5 Å². The predicted molar refractivity (Wildman–Crippen MR) is 117 cm³/mol. The van der Waals surface area contributed by atoms with Gasteiger partial charge in [0.05, 0.1) is 24.0 Å². The largest absolute Gasteiger partial charge is 0.489 e. The van der Waals surface area contributed by atoms with E-state index in [9.17, 15) is 9.90 Å². The van der Waals surface area contributed by atoms with Crippen molar-refractivity contribution < 1.29 is 9.84 Å². The summed E-state index contributed by atoms with van der Waals surface area (Å²) >= 11 is 5.88. The summed E-state index contributed by atoms with van der Waals surface area (Å²) in [6.07, 6.45) is 2.90. The lowest BCUT2D eigenvalue weighted by Crippen LogP contribution is -2.36. The van der Waals surface area contributed by atoms with Crippen LogP contribution in [0.1, 0.15) is 5.56 Å². The SMILES string of the molecule is CN[C@@H]1CN(c2ccc(-n3ccc(OCc4ccc(Cl)cc4)cc3=O)cn2)C[C@H]1O. The number of pyridine rings is 2. The number of halogens is 1. The fraction of sp³-hybridized carbons (Fsp3) is 0.273. The fourth-order valence-electron chi connectivity index (χ4n) is 3.48. The number of nitrogens with one attached hydrogen (secondary N) is 1. The fourth-order valence-corrected chi connectivity index (χ4v) is 3.60. The molecule has 30 heavy (non-hydrogen) atoms. The zero-order chi connectivity index (χ0) is 21.1. The van der Waals surface area contributed by atoms with Crippen LogP contribution in [0.2, 0.25) is 5.02 Å². The van der Waals surface area contributed by atoms with Crippen molar-refractivity contribution in [2.45, 2.75) is 18.8 Å². The van der Waals surface area contributed by atoms with Crippen LogP contribution in [-0.2, 0) is 6.61 Å². The van der Waals surface area contributed by atoms with Gasteiger partial charge in [-0.3, -0.25) is 9.36 Å². The number of hydrogen-bond acceptors (Lipinski definition) is 6. The molecule has 0 spiro atoms. The van der Waals surface area contributed by atoms with Crippen molar-refractivity contribution in [1.29, 1.82) is 0 Å². The number of aliphatic hydroxyl groups is 1. The summed E-state index contributed by atoms with van der Waals surface area (Å²) in [6.45, 7) is 1.56. The molecule has 3 heterocycles. The highest BCUT2D eigenvalue weighted by atomic mass is 35.5. The van der Waals surface area contributed by atoms with Crippen LogP contribution in [0, 0.1) is 0 Å². The summed E-state index contributed by atoms with van der Waals surface area (Å²) in [5.41, 5.74) is 1.43. The summed E-state index contributed by atoms with van der Waals surface area (Å²) in [4.78, 5) is 19.0. The van der Waals surface area contributed by atoms with Crippen LogP contribution in [0.3, 0.4) is 0 Å². The molecule has 2 N–H and O–H groups in total. The van der Waals surface area contributed by atoms with Gasteiger partial charge in [-0.25, -0.2) is 4.98 Å². The molecule has 0 unspecified atom stereocenters. The van der Waals surface area contributed by atoms with Gasteiger partial charge in [0, 0.05) is 30.4 Å². The lowest BCUT2D eigenvalue weighted by atomic mass is 10.2. The Bertz CT molecular complexity index is 1050. The Morgan fingerprint density at radius 1 is 1.20 bits per heavy atom. The highest BCUT2D eigenvalue weighted by Crippen LogP contribution is 2.20. The summed E-state index contributed by atoms with van der Waals surface area (Å²) in [5, 5.41) is 13.8. The number of nitrogens with zero attached hydrogens (tertiary/aromatic N) is 3. The minimum Gasteiger partial charge on any atom is -0.489 e. The predicted octanol–water partition coefficient (Wildman–Crippen LogP) is 2.23. The molecular weight excluding hydrogens is 404 g/mol. The zero-order valence-electron chi connectivity index (χ0n) is 16.5. The molecule has 1 saturated heterocycles. The van der Waals surface area contributed by atoms with Gasteiger partial charge < -0.3 is 20.1 Å². The Morgan fingerprint density at radius 3 is 2.63 bits per heavy atom. The van der Waals surface area contributed by atoms with Crippen molar-refractivity contribution in [2.75, 3.05) is 25.0 Å². The van der Waals surface area contributed by atoms with E-state index < -0.39 is 6.10 Å². The van der Waals surface area contributed by atoms with Gasteiger partial charge in [0.2, 0.25) is 0 Å². The molecule has 0 aliphatic carbocycles. The first kappa shape index (κ1) is 20.4. The van der Waals surface area contributed by atoms with E-state index in [-0.39, 0.29) is 11.6 Å². The van der Waals surface area contributed by atoms with Crippen LogP contribution in [-0.4, -0.2) is 46.9 Å². The number of anilines is 1. The van der Waals surface area contributed by atoms with E-state index in [0.717, 1.165) is 11.4 Å². The smallest absolute Gasteiger partial charge is 0.258 e. The first-order valence-electron chi connectivity index (χ1n) is 9.70. The van der Waals surface area contributed by atoms with E-state index in [4.69, 9.17) is 16.3 Å². The Balaban J connectivity index is 1.44. The summed E-state index contributed by atoms with van der Waals surface area (Å²) in [5.74, 6) is 1.27. The Hall–Kier alpha value is -2.87. The van der Waals surface area contributed by atoms with Crippen molar-refractivity contribution >= 4 is 17.4 Å². The van der Waals surface area contributed by atoms with Crippen LogP contribution in [0.25, 0.3) is 5.69 Å². The molecule has 1 aliphatic heterocycles. The molecule has 0 saturated carbocycles. The topological polar surface area (TPSA) is 79.6 Å². The maximum Gasteiger partial charge on any atom is 0.258 e. The van der Waals surface area contributed by atoms with E-state index in [1.54, 1.807) is 30.6 Å². The molecule has 3 aromatic rings. The first-order valence-corrected chi connectivity index (χ1v) is 10.1. The van der Waals surface area contributed by atoms with Gasteiger partial charge in [-0.15, -0.1) is 0 Å². The molecular formula is C22H23ClN4O3. The molecule has 2 aromatic heterocycles. The van der Waals surface area contributed by atoms with Gasteiger partial charge in [0.15, 0.2) is 0 Å². The van der Waals surface area contributed by atoms with E-state index in [1.807, 2.05) is 36.2 Å². The van der Waals surface area contributed by atoms with Crippen LogP contribution in [0.4, 0.5) is 5.82 Å². The van der Waals surface area contributed by atoms with Crippen molar-refractivity contribution in [3.8, 4) is 11.4 Å². The van der Waals surface area contributed by atoms with Gasteiger partial charge >= 0.3 is 0 Å². The number of ether oxygens (including phenoxy) is 1. The summed E-state index contributed by atoms with van der Waals surface area (Å²) in [7, 11) is 1.84. The van der Waals surface area contributed by atoms with Crippen molar-refractivity contribution in [2.24, 2.45) is 0 Å². The molecule has 0 amide bonds. The first-order chi connectivity index (χ1) is 14.5. The number of β-amino-alcohol motifs (C(OH)–C–C–N with tert-alkyl or cyclic N) is 1. The van der Waals surface area contributed by atoms with Crippen LogP contribution >= 0.6 is 11.6 Å². The van der Waals surface area contributed by atoms with Gasteiger partial charge in [0.1, 0.15) is 18.2 Å². The van der Waals surface area contributed by atoms with E-state index in [2.05, 4.69) is 10.3 Å². The second-order valence-corrected chi connectivity index (χ2v) is 7.66. The quantitative estimate of drug-likeness (QED) is 0.629. The molecule has 7 nitrogen and oxygen atoms in total. The molecule has 2 atom stereocenters. The van der Waals surface area contributed by atoms with Gasteiger partial charge in [-0.2, -0.15) is 0 Å². The summed E-state index contributed by atoms with van der Waals surface area (Å²) < 4.78 is 7.23. The molecule has 8 heteroatoms. The number of likely N-dealkylation sites (N-methyl/N-ethyl adjacent to an activating group) is 1. The van der Waals surface area contributed by atoms with Crippen LogP contribution in [0.15, 0.2) is 65.7 Å².